The number of benzene rings is 1. The third-order valence-corrected chi connectivity index (χ3v) is 10.7. The first kappa shape index (κ1) is 30.9. The third-order valence-electron chi connectivity index (χ3n) is 8.91. The highest BCUT2D eigenvalue weighted by Gasteiger charge is 2.48. The van der Waals surface area contributed by atoms with Crippen LogP contribution in [0.5, 0.6) is 5.88 Å². The number of nitrogens with zero attached hydrogens (tertiary/aromatic N) is 6. The van der Waals surface area contributed by atoms with Gasteiger partial charge < -0.3 is 19.2 Å². The fourth-order valence-electron chi connectivity index (χ4n) is 6.51. The molecule has 2 aliphatic rings. The molecule has 0 aliphatic carbocycles. The second kappa shape index (κ2) is 11.2. The van der Waals surface area contributed by atoms with Gasteiger partial charge in [0, 0.05) is 54.7 Å². The average molecular weight is 671 g/mol. The van der Waals surface area contributed by atoms with Crippen LogP contribution in [-0.2, 0) is 27.3 Å². The number of fused-ring (bicyclic) bond motifs is 3. The topological polar surface area (TPSA) is 154 Å². The number of pyridine rings is 1. The Hall–Kier alpha value is -4.73. The number of carbonyl (C=O) groups is 1. The molecule has 12 nitrogen and oxygen atoms in total. The Morgan fingerprint density at radius 1 is 1.19 bits per heavy atom. The number of sulfone groups is 1. The average Bonchev–Trinajstić information content (AvgIpc) is 3.75. The number of rotatable bonds is 7. The van der Waals surface area contributed by atoms with Crippen LogP contribution in [0.15, 0.2) is 53.3 Å². The van der Waals surface area contributed by atoms with Gasteiger partial charge in [0.25, 0.3) is 6.43 Å². The summed E-state index contributed by atoms with van der Waals surface area (Å²) in [5, 5.41) is 14.8. The van der Waals surface area contributed by atoms with Crippen LogP contribution in [0, 0.1) is 5.92 Å². The number of alkyl halides is 3. The first-order valence-corrected chi connectivity index (χ1v) is 16.7. The molecule has 0 spiro atoms. The monoisotopic (exact) mass is 670 g/mol. The van der Waals surface area contributed by atoms with Crippen molar-refractivity contribution in [1.29, 1.82) is 0 Å². The Bertz CT molecular complexity index is 2140. The van der Waals surface area contributed by atoms with Crippen molar-refractivity contribution in [2.75, 3.05) is 23.0 Å². The lowest BCUT2D eigenvalue weighted by Crippen LogP contribution is -2.41. The molecule has 246 valence electrons. The minimum atomic E-state index is -3.46. The number of hydrogen-bond acceptors (Lipinski definition) is 10. The molecule has 2 aliphatic heterocycles. The van der Waals surface area contributed by atoms with Crippen LogP contribution in [-0.4, -0.2) is 74.4 Å². The summed E-state index contributed by atoms with van der Waals surface area (Å²) in [4.78, 5) is 26.3. The van der Waals surface area contributed by atoms with Crippen molar-refractivity contribution < 1.29 is 40.6 Å². The molecule has 2 fully saturated rings. The van der Waals surface area contributed by atoms with Gasteiger partial charge in [-0.25, -0.2) is 41.3 Å². The largest absolute Gasteiger partial charge is 0.480 e. The van der Waals surface area contributed by atoms with Gasteiger partial charge in [-0.15, -0.1) is 0 Å². The number of carboxylic acids is 1. The van der Waals surface area contributed by atoms with Gasteiger partial charge in [-0.1, -0.05) is 19.1 Å². The molecule has 2 saturated heterocycles. The molecule has 0 radical (unpaired) electrons. The first-order valence-electron chi connectivity index (χ1n) is 14.9. The van der Waals surface area contributed by atoms with Crippen LogP contribution in [0.1, 0.15) is 37.6 Å². The summed E-state index contributed by atoms with van der Waals surface area (Å²) in [7, 11) is -1.73. The van der Waals surface area contributed by atoms with Crippen molar-refractivity contribution in [3.05, 3.63) is 60.3 Å². The maximum Gasteiger partial charge on any atom is 0.326 e. The van der Waals surface area contributed by atoms with Gasteiger partial charge in [-0.3, -0.25) is 4.68 Å². The van der Waals surface area contributed by atoms with E-state index >= 15 is 4.39 Å². The van der Waals surface area contributed by atoms with E-state index in [2.05, 4.69) is 20.1 Å². The van der Waals surface area contributed by atoms with E-state index in [0.29, 0.717) is 22.1 Å². The number of para-hydroxylation sites is 1. The van der Waals surface area contributed by atoms with Crippen LogP contribution >= 0.6 is 0 Å². The molecule has 16 heteroatoms. The molecule has 5 aromatic rings. The number of ether oxygens (including phenoxy) is 1. The first-order chi connectivity index (χ1) is 22.3. The van der Waals surface area contributed by atoms with Crippen LogP contribution in [0.25, 0.3) is 33.2 Å². The Kier molecular flexibility index (Phi) is 7.37. The molecule has 47 heavy (non-hydrogen) atoms. The number of hydrogen-bond donors (Lipinski definition) is 1. The summed E-state index contributed by atoms with van der Waals surface area (Å²) < 4.78 is 83.5. The van der Waals surface area contributed by atoms with E-state index in [1.807, 2.05) is 0 Å². The Morgan fingerprint density at radius 2 is 1.98 bits per heavy atom. The van der Waals surface area contributed by atoms with Gasteiger partial charge in [0.05, 0.1) is 29.8 Å². The summed E-state index contributed by atoms with van der Waals surface area (Å²) in [5.41, 5.74) is -0.389. The quantitative estimate of drug-likeness (QED) is 0.253. The number of furan rings is 1. The van der Waals surface area contributed by atoms with Crippen LogP contribution in [0.2, 0.25) is 0 Å². The third kappa shape index (κ3) is 5.43. The number of anilines is 1. The molecule has 1 N–H and O–H groups in total. The number of aromatic nitrogens is 5. The maximum absolute atomic E-state index is 17.0. The summed E-state index contributed by atoms with van der Waals surface area (Å²) >= 11 is 0. The van der Waals surface area contributed by atoms with Crippen molar-refractivity contribution >= 4 is 43.7 Å². The highest BCUT2D eigenvalue weighted by molar-refractivity contribution is 7.91. The highest BCUT2D eigenvalue weighted by Crippen LogP contribution is 2.47. The molecule has 0 saturated carbocycles. The van der Waals surface area contributed by atoms with E-state index in [0.717, 1.165) is 0 Å². The molecule has 0 unspecified atom stereocenters. The van der Waals surface area contributed by atoms with Gasteiger partial charge in [-0.05, 0) is 18.2 Å². The van der Waals surface area contributed by atoms with E-state index in [1.54, 1.807) is 54.5 Å². The second-order valence-electron chi connectivity index (χ2n) is 12.1. The zero-order chi connectivity index (χ0) is 33.2. The maximum atomic E-state index is 17.0. The number of halogens is 3. The van der Waals surface area contributed by atoms with E-state index < -0.39 is 51.8 Å². The van der Waals surface area contributed by atoms with Crippen molar-refractivity contribution in [2.45, 2.75) is 44.0 Å². The number of aryl methyl sites for hydroxylation is 1. The molecule has 1 aromatic carbocycles. The number of aliphatic carboxylic acids is 1. The van der Waals surface area contributed by atoms with E-state index in [1.165, 1.54) is 18.0 Å². The van der Waals surface area contributed by atoms with Gasteiger partial charge in [0.2, 0.25) is 5.88 Å². The van der Waals surface area contributed by atoms with E-state index in [9.17, 15) is 27.1 Å². The van der Waals surface area contributed by atoms with Crippen LogP contribution in [0.3, 0.4) is 0 Å². The molecule has 7 rings (SSSR count). The molecule has 6 heterocycles. The predicted molar refractivity (Wildman–Crippen MR) is 164 cm³/mol. The molecule has 4 aromatic heterocycles. The minimum Gasteiger partial charge on any atom is -0.480 e. The standard InChI is InChI=1S/C31H29F3N6O6S/c1-16-15-47(43,44)8-7-31(16,34)21-9-17(18-12-36-39(2)13-18)11-35-29(21)45-19-10-22(30(41)42)40(14-19)28-25-24(37-27(38-28)26(32)33)20-5-3-4-6-23(20)46-25/h3-6,9,11-13,16,19,22,26H,7-8,10,14-15H2,1-2H3,(H,41,42)/t16-,19-,22-,31+/m0/s1. The lowest BCUT2D eigenvalue weighted by molar-refractivity contribution is -0.138. The van der Waals surface area contributed by atoms with Crippen LogP contribution in [0.4, 0.5) is 19.0 Å². The fraction of sp³-hybridized carbons (Fsp3) is 0.387. The van der Waals surface area contributed by atoms with E-state index in [4.69, 9.17) is 9.15 Å². The SMILES string of the molecule is C[C@H]1CS(=O)(=O)CC[C@]1(F)c1cc(-c2cnn(C)c2)cnc1O[C@H]1C[C@@H](C(=O)O)N(c2nc(C(F)F)nc3c2oc2ccccc23)C1. The zero-order valence-electron chi connectivity index (χ0n) is 25.2. The number of carboxylic acid groups (broad SMARTS) is 1. The normalized spacial score (nSPS) is 24.4. The molecular formula is C31H29F3N6O6S. The van der Waals surface area contributed by atoms with Gasteiger partial charge in [0.15, 0.2) is 27.1 Å². The van der Waals surface area contributed by atoms with Gasteiger partial charge in [0.1, 0.15) is 28.9 Å². The zero-order valence-corrected chi connectivity index (χ0v) is 26.0. The molecule has 0 amide bonds. The van der Waals surface area contributed by atoms with Gasteiger partial charge in [-0.2, -0.15) is 5.10 Å². The Balaban J connectivity index is 1.29. The summed E-state index contributed by atoms with van der Waals surface area (Å²) in [6.45, 7) is 1.38. The van der Waals surface area contributed by atoms with Crippen molar-refractivity contribution in [3.63, 3.8) is 0 Å². The Morgan fingerprint density at radius 3 is 2.68 bits per heavy atom. The minimum absolute atomic E-state index is 0.0354. The summed E-state index contributed by atoms with van der Waals surface area (Å²) in [6, 6.07) is 6.99. The van der Waals surface area contributed by atoms with Crippen molar-refractivity contribution in [2.24, 2.45) is 13.0 Å². The van der Waals surface area contributed by atoms with E-state index in [-0.39, 0.29) is 59.3 Å². The summed E-state index contributed by atoms with van der Waals surface area (Å²) in [5.74, 6) is -3.96. The van der Waals surface area contributed by atoms with Crippen LogP contribution < -0.4 is 9.64 Å². The lowest BCUT2D eigenvalue weighted by Gasteiger charge is -2.36. The fourth-order valence-corrected chi connectivity index (χ4v) is 8.31. The van der Waals surface area contributed by atoms with Crippen molar-refractivity contribution in [3.8, 4) is 17.0 Å². The highest BCUT2D eigenvalue weighted by atomic mass is 32.2. The van der Waals surface area contributed by atoms with Gasteiger partial charge >= 0.3 is 5.97 Å². The predicted octanol–water partition coefficient (Wildman–Crippen LogP) is 4.84. The lowest BCUT2D eigenvalue weighted by atomic mass is 9.82. The smallest absolute Gasteiger partial charge is 0.326 e. The molecule has 0 bridgehead atoms. The second-order valence-corrected chi connectivity index (χ2v) is 14.3. The molecular weight excluding hydrogens is 641 g/mol. The molecule has 4 atom stereocenters. The Labute approximate surface area is 266 Å². The summed E-state index contributed by atoms with van der Waals surface area (Å²) in [6.07, 6.45) is 0.394. The van der Waals surface area contributed by atoms with Crippen molar-refractivity contribution in [1.82, 2.24) is 24.7 Å².